The van der Waals surface area contributed by atoms with Gasteiger partial charge in [0.05, 0.1) is 12.4 Å². The molecule has 1 saturated heterocycles. The Morgan fingerprint density at radius 3 is 2.61 bits per heavy atom. The quantitative estimate of drug-likeness (QED) is 0.486. The summed E-state index contributed by atoms with van der Waals surface area (Å²) in [6, 6.07) is 7.65. The summed E-state index contributed by atoms with van der Waals surface area (Å²) in [5, 5.41) is 6.30. The number of hydrogen-bond acceptors (Lipinski definition) is 6. The SMILES string of the molecule is COc1ccc(CC(SNC(=O)[C@@H](C)NC(=O)[C@@H]2CNCCS2)C2CCCCC2)cc1. The van der Waals surface area contributed by atoms with E-state index >= 15 is 0 Å². The number of carbonyl (C=O) groups is 2. The molecule has 1 aliphatic heterocycles. The maximum Gasteiger partial charge on any atom is 0.252 e. The molecule has 1 aromatic carbocycles. The van der Waals surface area contributed by atoms with Crippen LogP contribution in [-0.2, 0) is 16.0 Å². The van der Waals surface area contributed by atoms with Crippen LogP contribution in [0.4, 0.5) is 0 Å². The first kappa shape index (κ1) is 24.3. The largest absolute Gasteiger partial charge is 0.497 e. The van der Waals surface area contributed by atoms with E-state index in [4.69, 9.17) is 4.74 Å². The van der Waals surface area contributed by atoms with Gasteiger partial charge in [0.1, 0.15) is 11.8 Å². The van der Waals surface area contributed by atoms with Crippen LogP contribution in [0.25, 0.3) is 0 Å². The number of rotatable bonds is 9. The van der Waals surface area contributed by atoms with Crippen LogP contribution in [0, 0.1) is 5.92 Å². The lowest BCUT2D eigenvalue weighted by Crippen LogP contribution is -2.50. The molecule has 6 nitrogen and oxygen atoms in total. The van der Waals surface area contributed by atoms with Crippen LogP contribution in [0.5, 0.6) is 5.75 Å². The molecule has 0 bridgehead atoms. The number of ether oxygens (including phenoxy) is 1. The molecule has 1 aliphatic carbocycles. The predicted molar refractivity (Wildman–Crippen MR) is 130 cm³/mol. The first-order chi connectivity index (χ1) is 15.1. The van der Waals surface area contributed by atoms with Crippen molar-refractivity contribution in [3.63, 3.8) is 0 Å². The lowest BCUT2D eigenvalue weighted by molar-refractivity contribution is -0.127. The molecule has 0 radical (unpaired) electrons. The topological polar surface area (TPSA) is 79.5 Å². The molecule has 2 amide bonds. The normalized spacial score (nSPS) is 21.7. The third kappa shape index (κ3) is 7.61. The summed E-state index contributed by atoms with van der Waals surface area (Å²) >= 11 is 3.18. The molecule has 0 aromatic heterocycles. The van der Waals surface area contributed by atoms with Crippen LogP contribution in [0.2, 0.25) is 0 Å². The van der Waals surface area contributed by atoms with E-state index in [0.717, 1.165) is 24.5 Å². The zero-order valence-corrected chi connectivity index (χ0v) is 20.2. The Morgan fingerprint density at radius 1 is 1.23 bits per heavy atom. The Bertz CT molecular complexity index is 705. The summed E-state index contributed by atoms with van der Waals surface area (Å²) in [7, 11) is 1.68. The first-order valence-electron chi connectivity index (χ1n) is 11.3. The molecule has 3 atom stereocenters. The van der Waals surface area contributed by atoms with E-state index in [1.54, 1.807) is 25.8 Å². The van der Waals surface area contributed by atoms with Crippen LogP contribution < -0.4 is 20.1 Å². The number of methoxy groups -OCH3 is 1. The summed E-state index contributed by atoms with van der Waals surface area (Å²) in [5.41, 5.74) is 1.25. The van der Waals surface area contributed by atoms with Gasteiger partial charge in [-0.15, -0.1) is 11.8 Å². The van der Waals surface area contributed by atoms with Gasteiger partial charge in [-0.3, -0.25) is 14.3 Å². The van der Waals surface area contributed by atoms with Crippen molar-refractivity contribution in [3.8, 4) is 5.75 Å². The summed E-state index contributed by atoms with van der Waals surface area (Å²) in [5.74, 6) is 2.17. The molecule has 1 unspecified atom stereocenters. The fourth-order valence-electron chi connectivity index (χ4n) is 4.13. The average Bonchev–Trinajstić information content (AvgIpc) is 2.83. The maximum absolute atomic E-state index is 12.7. The number of carbonyl (C=O) groups excluding carboxylic acids is 2. The van der Waals surface area contributed by atoms with Gasteiger partial charge in [-0.05, 0) is 61.7 Å². The van der Waals surface area contributed by atoms with Crippen molar-refractivity contribution in [1.29, 1.82) is 0 Å². The molecular weight excluding hydrogens is 430 g/mol. The summed E-state index contributed by atoms with van der Waals surface area (Å²) in [6.45, 7) is 3.34. The van der Waals surface area contributed by atoms with Crippen molar-refractivity contribution < 1.29 is 14.3 Å². The van der Waals surface area contributed by atoms with Gasteiger partial charge in [-0.25, -0.2) is 0 Å². The van der Waals surface area contributed by atoms with E-state index in [2.05, 4.69) is 27.5 Å². The highest BCUT2D eigenvalue weighted by Gasteiger charge is 2.28. The van der Waals surface area contributed by atoms with E-state index in [9.17, 15) is 9.59 Å². The minimum absolute atomic E-state index is 0.0630. The van der Waals surface area contributed by atoms with Gasteiger partial charge in [0.25, 0.3) is 5.91 Å². The van der Waals surface area contributed by atoms with Crippen LogP contribution in [-0.4, -0.2) is 54.3 Å². The number of hydrogen-bond donors (Lipinski definition) is 3. The highest BCUT2D eigenvalue weighted by Crippen LogP contribution is 2.34. The van der Waals surface area contributed by atoms with Crippen molar-refractivity contribution >= 4 is 35.5 Å². The molecule has 0 spiro atoms. The van der Waals surface area contributed by atoms with Gasteiger partial charge in [-0.1, -0.05) is 31.4 Å². The van der Waals surface area contributed by atoms with Gasteiger partial charge in [-0.2, -0.15) is 0 Å². The Kier molecular flexibility index (Phi) is 9.87. The van der Waals surface area contributed by atoms with E-state index in [0.29, 0.717) is 17.7 Å². The second kappa shape index (κ2) is 12.6. The number of thioether (sulfide) groups is 1. The van der Waals surface area contributed by atoms with E-state index in [1.807, 2.05) is 12.1 Å². The van der Waals surface area contributed by atoms with E-state index in [-0.39, 0.29) is 17.1 Å². The minimum Gasteiger partial charge on any atom is -0.497 e. The maximum atomic E-state index is 12.7. The summed E-state index contributed by atoms with van der Waals surface area (Å²) in [4.78, 5) is 25.1. The minimum atomic E-state index is -0.546. The first-order valence-corrected chi connectivity index (χ1v) is 13.2. The van der Waals surface area contributed by atoms with Crippen molar-refractivity contribution in [2.45, 2.75) is 62.0 Å². The molecule has 3 N–H and O–H groups in total. The molecule has 1 heterocycles. The monoisotopic (exact) mass is 465 g/mol. The van der Waals surface area contributed by atoms with E-state index in [1.165, 1.54) is 49.6 Å². The molecule has 2 fully saturated rings. The highest BCUT2D eigenvalue weighted by atomic mass is 32.2. The Morgan fingerprint density at radius 2 is 1.97 bits per heavy atom. The van der Waals surface area contributed by atoms with Gasteiger partial charge < -0.3 is 15.4 Å². The zero-order chi connectivity index (χ0) is 22.1. The Labute approximate surface area is 194 Å². The van der Waals surface area contributed by atoms with Crippen LogP contribution >= 0.6 is 23.7 Å². The van der Waals surface area contributed by atoms with E-state index < -0.39 is 6.04 Å². The number of benzene rings is 1. The van der Waals surface area contributed by atoms with Crippen molar-refractivity contribution in [1.82, 2.24) is 15.4 Å². The standard InChI is InChI=1S/C23H35N3O3S2/c1-16(25-23(28)21-15-24-12-13-30-21)22(27)26-31-20(18-6-4-3-5-7-18)14-17-8-10-19(29-2)11-9-17/h8-11,16,18,20-21,24H,3-7,12-15H2,1-2H3,(H,25,28)(H,26,27)/t16-,20?,21+/m1/s1. The molecule has 2 aliphatic rings. The van der Waals surface area contributed by atoms with Gasteiger partial charge in [0.2, 0.25) is 5.91 Å². The van der Waals surface area contributed by atoms with Gasteiger partial charge in [0, 0.05) is 24.1 Å². The average molecular weight is 466 g/mol. The second-order valence-corrected chi connectivity index (χ2v) is 10.7. The third-order valence-electron chi connectivity index (χ3n) is 6.05. The Balaban J connectivity index is 1.53. The Hall–Kier alpha value is -1.38. The summed E-state index contributed by atoms with van der Waals surface area (Å²) < 4.78 is 8.32. The smallest absolute Gasteiger partial charge is 0.252 e. The molecule has 8 heteroatoms. The number of amides is 2. The van der Waals surface area contributed by atoms with Crippen LogP contribution in [0.1, 0.15) is 44.6 Å². The lowest BCUT2D eigenvalue weighted by Gasteiger charge is -2.30. The predicted octanol–water partition coefficient (Wildman–Crippen LogP) is 3.16. The molecule has 1 aromatic rings. The second-order valence-electron chi connectivity index (χ2n) is 8.37. The fourth-order valence-corrected chi connectivity index (χ4v) is 6.32. The summed E-state index contributed by atoms with van der Waals surface area (Å²) in [6.07, 6.45) is 7.16. The van der Waals surface area contributed by atoms with Crippen LogP contribution in [0.3, 0.4) is 0 Å². The zero-order valence-electron chi connectivity index (χ0n) is 18.5. The van der Waals surface area contributed by atoms with Crippen molar-refractivity contribution in [3.05, 3.63) is 29.8 Å². The molecule has 31 heavy (non-hydrogen) atoms. The highest BCUT2D eigenvalue weighted by molar-refractivity contribution is 8.00. The number of nitrogens with one attached hydrogen (secondary N) is 3. The molecule has 1 saturated carbocycles. The third-order valence-corrected chi connectivity index (χ3v) is 8.45. The molecular formula is C23H35N3O3S2. The fraction of sp³-hybridized carbons (Fsp3) is 0.652. The van der Waals surface area contributed by atoms with Gasteiger partial charge >= 0.3 is 0 Å². The lowest BCUT2D eigenvalue weighted by atomic mass is 9.85. The van der Waals surface area contributed by atoms with Gasteiger partial charge in [0.15, 0.2) is 0 Å². The van der Waals surface area contributed by atoms with Crippen molar-refractivity contribution in [2.75, 3.05) is 26.0 Å². The van der Waals surface area contributed by atoms with Crippen LogP contribution in [0.15, 0.2) is 24.3 Å². The molecule has 172 valence electrons. The molecule has 3 rings (SSSR count). The van der Waals surface area contributed by atoms with Crippen molar-refractivity contribution in [2.24, 2.45) is 5.92 Å².